The number of amides is 1. The van der Waals surface area contributed by atoms with E-state index in [9.17, 15) is 9.90 Å². The van der Waals surface area contributed by atoms with E-state index < -0.39 is 0 Å². The fraction of sp³-hybridized carbons (Fsp3) is 0.176. The van der Waals surface area contributed by atoms with E-state index in [1.54, 1.807) is 12.1 Å². The minimum atomic E-state index is -0.288. The number of ether oxygens (including phenoxy) is 1. The van der Waals surface area contributed by atoms with Crippen molar-refractivity contribution >= 4 is 17.8 Å². The van der Waals surface area contributed by atoms with Crippen LogP contribution in [0.1, 0.15) is 11.1 Å². The van der Waals surface area contributed by atoms with E-state index >= 15 is 0 Å². The average molecular weight is 313 g/mol. The highest BCUT2D eigenvalue weighted by Gasteiger charge is 2.02. The van der Waals surface area contributed by atoms with Crippen LogP contribution < -0.4 is 15.5 Å². The van der Waals surface area contributed by atoms with E-state index in [0.29, 0.717) is 11.3 Å². The number of carbonyl (C=O) groups is 1. The predicted octanol–water partition coefficient (Wildman–Crippen LogP) is 2.27. The van der Waals surface area contributed by atoms with E-state index in [-0.39, 0.29) is 18.2 Å². The highest BCUT2D eigenvalue weighted by Crippen LogP contribution is 2.20. The lowest BCUT2D eigenvalue weighted by Crippen LogP contribution is -2.25. The lowest BCUT2D eigenvalue weighted by molar-refractivity contribution is -0.119. The molecular weight excluding hydrogens is 294 g/mol. The Morgan fingerprint density at radius 3 is 2.70 bits per heavy atom. The average Bonchev–Trinajstić information content (AvgIpc) is 2.56. The predicted molar refractivity (Wildman–Crippen MR) is 90.1 cm³/mol. The maximum atomic E-state index is 11.7. The molecule has 3 N–H and O–H groups in total. The number of aromatic hydroxyl groups is 1. The van der Waals surface area contributed by atoms with Gasteiger partial charge in [0.05, 0.1) is 19.9 Å². The molecule has 6 heteroatoms. The van der Waals surface area contributed by atoms with Gasteiger partial charge in [0.1, 0.15) is 11.5 Å². The van der Waals surface area contributed by atoms with Crippen LogP contribution in [0, 0.1) is 6.92 Å². The first-order valence-electron chi connectivity index (χ1n) is 7.08. The number of phenols is 1. The monoisotopic (exact) mass is 313 g/mol. The zero-order chi connectivity index (χ0) is 16.7. The number of benzene rings is 2. The summed E-state index contributed by atoms with van der Waals surface area (Å²) < 4.78 is 5.06. The summed E-state index contributed by atoms with van der Waals surface area (Å²) in [7, 11) is 1.53. The van der Waals surface area contributed by atoms with E-state index in [1.807, 2.05) is 31.2 Å². The van der Waals surface area contributed by atoms with Gasteiger partial charge in [0, 0.05) is 11.3 Å². The first-order chi connectivity index (χ1) is 11.1. The Morgan fingerprint density at radius 1 is 1.26 bits per heavy atom. The number of hydrogen-bond acceptors (Lipinski definition) is 5. The molecule has 0 atom stereocenters. The summed E-state index contributed by atoms with van der Waals surface area (Å²) in [5.74, 6) is 0.363. The topological polar surface area (TPSA) is 83.0 Å². The summed E-state index contributed by atoms with van der Waals surface area (Å²) in [6, 6.07) is 12.5. The number of hydrazone groups is 1. The molecule has 0 fully saturated rings. The quantitative estimate of drug-likeness (QED) is 0.564. The summed E-state index contributed by atoms with van der Waals surface area (Å²) in [5, 5.41) is 16.5. The number of anilines is 1. The van der Waals surface area contributed by atoms with E-state index in [0.717, 1.165) is 11.3 Å². The molecule has 0 radical (unpaired) electrons. The molecular formula is C17H19N3O3. The minimum Gasteiger partial charge on any atom is -0.507 e. The van der Waals surface area contributed by atoms with Crippen LogP contribution in [0.25, 0.3) is 0 Å². The third-order valence-electron chi connectivity index (χ3n) is 3.13. The van der Waals surface area contributed by atoms with Crippen molar-refractivity contribution in [2.45, 2.75) is 6.92 Å². The number of hydrogen-bond donors (Lipinski definition) is 3. The van der Waals surface area contributed by atoms with Gasteiger partial charge in [-0.1, -0.05) is 17.7 Å². The highest BCUT2D eigenvalue weighted by atomic mass is 16.5. The SMILES string of the molecule is COc1ccc(O)c(/C=N/NC(=O)CNc2ccc(C)cc2)c1. The molecule has 0 bridgehead atoms. The Kier molecular flexibility index (Phi) is 5.57. The summed E-state index contributed by atoms with van der Waals surface area (Å²) in [6.07, 6.45) is 1.36. The van der Waals surface area contributed by atoms with Gasteiger partial charge < -0.3 is 15.2 Å². The van der Waals surface area contributed by atoms with Crippen molar-refractivity contribution in [3.05, 3.63) is 53.6 Å². The Hall–Kier alpha value is -3.02. The largest absolute Gasteiger partial charge is 0.507 e. The number of methoxy groups -OCH3 is 1. The smallest absolute Gasteiger partial charge is 0.259 e. The number of phenolic OH excluding ortho intramolecular Hbond substituents is 1. The molecule has 120 valence electrons. The Labute approximate surface area is 134 Å². The van der Waals surface area contributed by atoms with Crippen LogP contribution in [0.4, 0.5) is 5.69 Å². The molecule has 23 heavy (non-hydrogen) atoms. The van der Waals surface area contributed by atoms with Crippen molar-refractivity contribution in [3.63, 3.8) is 0 Å². The number of nitrogens with zero attached hydrogens (tertiary/aromatic N) is 1. The Balaban J connectivity index is 1.85. The third kappa shape index (κ3) is 5.03. The molecule has 0 saturated carbocycles. The van der Waals surface area contributed by atoms with Gasteiger partial charge in [-0.05, 0) is 37.3 Å². The summed E-state index contributed by atoms with van der Waals surface area (Å²) in [6.45, 7) is 2.10. The lowest BCUT2D eigenvalue weighted by Gasteiger charge is -2.06. The Bertz CT molecular complexity index is 697. The molecule has 0 aromatic heterocycles. The maximum Gasteiger partial charge on any atom is 0.259 e. The van der Waals surface area contributed by atoms with Gasteiger partial charge in [-0.2, -0.15) is 5.10 Å². The second-order valence-electron chi connectivity index (χ2n) is 4.94. The van der Waals surface area contributed by atoms with Crippen LogP contribution >= 0.6 is 0 Å². The molecule has 6 nitrogen and oxygen atoms in total. The van der Waals surface area contributed by atoms with Gasteiger partial charge in [0.25, 0.3) is 5.91 Å². The number of nitrogens with one attached hydrogen (secondary N) is 2. The number of rotatable bonds is 6. The van der Waals surface area contributed by atoms with Crippen molar-refractivity contribution in [2.75, 3.05) is 19.0 Å². The highest BCUT2D eigenvalue weighted by molar-refractivity contribution is 5.86. The maximum absolute atomic E-state index is 11.7. The zero-order valence-corrected chi connectivity index (χ0v) is 13.0. The minimum absolute atomic E-state index is 0.0570. The molecule has 0 unspecified atom stereocenters. The van der Waals surface area contributed by atoms with Crippen LogP contribution in [-0.4, -0.2) is 30.9 Å². The third-order valence-corrected chi connectivity index (χ3v) is 3.13. The van der Waals surface area contributed by atoms with E-state index in [2.05, 4.69) is 15.8 Å². The van der Waals surface area contributed by atoms with Crippen LogP contribution in [0.15, 0.2) is 47.6 Å². The molecule has 0 saturated heterocycles. The zero-order valence-electron chi connectivity index (χ0n) is 13.0. The molecule has 0 spiro atoms. The number of carbonyl (C=O) groups excluding carboxylic acids is 1. The van der Waals surface area contributed by atoms with Crippen molar-refractivity contribution in [1.29, 1.82) is 0 Å². The molecule has 2 aromatic rings. The summed E-state index contributed by atoms with van der Waals surface area (Å²) in [5.41, 5.74) is 4.86. The second kappa shape index (κ2) is 7.84. The van der Waals surface area contributed by atoms with Crippen LogP contribution in [0.3, 0.4) is 0 Å². The van der Waals surface area contributed by atoms with E-state index in [1.165, 1.54) is 19.4 Å². The van der Waals surface area contributed by atoms with Crippen molar-refractivity contribution < 1.29 is 14.6 Å². The molecule has 2 rings (SSSR count). The van der Waals surface area contributed by atoms with Gasteiger partial charge in [0.2, 0.25) is 0 Å². The second-order valence-corrected chi connectivity index (χ2v) is 4.94. The van der Waals surface area contributed by atoms with Gasteiger partial charge >= 0.3 is 0 Å². The fourth-order valence-corrected chi connectivity index (χ4v) is 1.83. The molecule has 0 aliphatic heterocycles. The first-order valence-corrected chi connectivity index (χ1v) is 7.08. The van der Waals surface area contributed by atoms with Gasteiger partial charge in [-0.25, -0.2) is 5.43 Å². The summed E-state index contributed by atoms with van der Waals surface area (Å²) in [4.78, 5) is 11.7. The van der Waals surface area contributed by atoms with Gasteiger partial charge in [-0.15, -0.1) is 0 Å². The van der Waals surface area contributed by atoms with Crippen LogP contribution in [0.5, 0.6) is 11.5 Å². The molecule has 0 aliphatic carbocycles. The first kappa shape index (κ1) is 16.4. The Morgan fingerprint density at radius 2 is 2.00 bits per heavy atom. The van der Waals surface area contributed by atoms with Gasteiger partial charge in [0.15, 0.2) is 0 Å². The van der Waals surface area contributed by atoms with Gasteiger partial charge in [-0.3, -0.25) is 4.79 Å². The molecule has 1 amide bonds. The number of aryl methyl sites for hydroxylation is 1. The van der Waals surface area contributed by atoms with Crippen molar-refractivity contribution in [3.8, 4) is 11.5 Å². The molecule has 0 aliphatic rings. The summed E-state index contributed by atoms with van der Waals surface area (Å²) >= 11 is 0. The molecule has 2 aromatic carbocycles. The molecule has 0 heterocycles. The lowest BCUT2D eigenvalue weighted by atomic mass is 10.2. The van der Waals surface area contributed by atoms with Crippen LogP contribution in [-0.2, 0) is 4.79 Å². The van der Waals surface area contributed by atoms with Crippen molar-refractivity contribution in [1.82, 2.24) is 5.43 Å². The standard InChI is InChI=1S/C17H19N3O3/c1-12-3-5-14(6-4-12)18-11-17(22)20-19-10-13-9-15(23-2)7-8-16(13)21/h3-10,18,21H,11H2,1-2H3,(H,20,22)/b19-10+. The normalized spacial score (nSPS) is 10.5. The fourth-order valence-electron chi connectivity index (χ4n) is 1.83. The van der Waals surface area contributed by atoms with Crippen molar-refractivity contribution in [2.24, 2.45) is 5.10 Å². The van der Waals surface area contributed by atoms with E-state index in [4.69, 9.17) is 4.74 Å². The van der Waals surface area contributed by atoms with Crippen LogP contribution in [0.2, 0.25) is 0 Å².